The van der Waals surface area contributed by atoms with Crippen LogP contribution < -0.4 is 5.73 Å². The zero-order chi connectivity index (χ0) is 17.2. The number of imidazole rings is 1. The Morgan fingerprint density at radius 2 is 1.54 bits per heavy atom. The van der Waals surface area contributed by atoms with Gasteiger partial charge < -0.3 is 10.3 Å². The largest absolute Gasteiger partial charge is 0.399 e. The summed E-state index contributed by atoms with van der Waals surface area (Å²) in [5.41, 5.74) is 10.6. The minimum absolute atomic E-state index is 0.187. The summed E-state index contributed by atoms with van der Waals surface area (Å²) in [6.07, 6.45) is 4.75. The van der Waals surface area contributed by atoms with E-state index in [1.807, 2.05) is 24.5 Å². The lowest BCUT2D eigenvalue weighted by Gasteiger charge is -2.19. The topological polar surface area (TPSA) is 43.8 Å². The van der Waals surface area contributed by atoms with Gasteiger partial charge in [-0.3, -0.25) is 0 Å². The predicted molar refractivity (Wildman–Crippen MR) is 100 cm³/mol. The molecule has 0 atom stereocenters. The summed E-state index contributed by atoms with van der Waals surface area (Å²) < 4.78 is 2.20. The van der Waals surface area contributed by atoms with Gasteiger partial charge in [-0.05, 0) is 34.2 Å². The van der Waals surface area contributed by atoms with Crippen LogP contribution in [0.1, 0.15) is 43.3 Å². The third-order valence-corrected chi connectivity index (χ3v) is 4.32. The Morgan fingerprint density at radius 1 is 0.917 bits per heavy atom. The standard InChI is InChI=1S/C21H25N3/c1-21(2,3)18-8-4-16(5-9-18)14-20-23-12-13-24(20)15-17-6-10-19(22)11-7-17/h4-13H,14-15,22H2,1-3H3. The number of nitrogens with zero attached hydrogens (tertiary/aromatic N) is 2. The molecule has 0 unspecified atom stereocenters. The van der Waals surface area contributed by atoms with Crippen molar-refractivity contribution in [1.29, 1.82) is 0 Å². The van der Waals surface area contributed by atoms with Crippen LogP contribution in [0.3, 0.4) is 0 Å². The highest BCUT2D eigenvalue weighted by atomic mass is 15.1. The maximum Gasteiger partial charge on any atom is 0.113 e. The molecule has 2 N–H and O–H groups in total. The molecule has 2 aromatic carbocycles. The van der Waals surface area contributed by atoms with Gasteiger partial charge in [0.05, 0.1) is 0 Å². The van der Waals surface area contributed by atoms with Crippen LogP contribution in [-0.2, 0) is 18.4 Å². The molecule has 3 aromatic rings. The number of anilines is 1. The SMILES string of the molecule is CC(C)(C)c1ccc(Cc2nccn2Cc2ccc(N)cc2)cc1. The lowest BCUT2D eigenvalue weighted by molar-refractivity contribution is 0.590. The van der Waals surface area contributed by atoms with Crippen molar-refractivity contribution in [2.75, 3.05) is 5.73 Å². The van der Waals surface area contributed by atoms with Crippen molar-refractivity contribution < 1.29 is 0 Å². The van der Waals surface area contributed by atoms with Crippen LogP contribution in [0.15, 0.2) is 60.9 Å². The first-order valence-electron chi connectivity index (χ1n) is 8.36. The second-order valence-electron chi connectivity index (χ2n) is 7.34. The number of hydrogen-bond donors (Lipinski definition) is 1. The minimum atomic E-state index is 0.187. The van der Waals surface area contributed by atoms with Crippen molar-refractivity contribution in [3.05, 3.63) is 83.4 Å². The Hall–Kier alpha value is -2.55. The lowest BCUT2D eigenvalue weighted by atomic mass is 9.86. The van der Waals surface area contributed by atoms with Crippen molar-refractivity contribution in [3.8, 4) is 0 Å². The van der Waals surface area contributed by atoms with Gasteiger partial charge in [-0.15, -0.1) is 0 Å². The molecule has 0 aliphatic heterocycles. The lowest BCUT2D eigenvalue weighted by Crippen LogP contribution is -2.11. The van der Waals surface area contributed by atoms with Gasteiger partial charge in [-0.2, -0.15) is 0 Å². The highest BCUT2D eigenvalue weighted by molar-refractivity contribution is 5.39. The first-order chi connectivity index (χ1) is 11.4. The molecule has 1 heterocycles. The molecule has 0 spiro atoms. The summed E-state index contributed by atoms with van der Waals surface area (Å²) in [6, 6.07) is 16.9. The third-order valence-electron chi connectivity index (χ3n) is 4.32. The van der Waals surface area contributed by atoms with Crippen LogP contribution in [-0.4, -0.2) is 9.55 Å². The van der Waals surface area contributed by atoms with Crippen LogP contribution in [0.25, 0.3) is 0 Å². The smallest absolute Gasteiger partial charge is 0.113 e. The van der Waals surface area contributed by atoms with Gasteiger partial charge in [0.2, 0.25) is 0 Å². The zero-order valence-corrected chi connectivity index (χ0v) is 14.7. The molecule has 0 saturated heterocycles. The maximum absolute atomic E-state index is 5.76. The number of benzene rings is 2. The van der Waals surface area contributed by atoms with E-state index in [-0.39, 0.29) is 5.41 Å². The van der Waals surface area contributed by atoms with E-state index in [4.69, 9.17) is 5.73 Å². The van der Waals surface area contributed by atoms with Gasteiger partial charge in [0.1, 0.15) is 5.82 Å². The fourth-order valence-electron chi connectivity index (χ4n) is 2.78. The Kier molecular flexibility index (Phi) is 4.43. The summed E-state index contributed by atoms with van der Waals surface area (Å²) in [5, 5.41) is 0. The maximum atomic E-state index is 5.76. The number of nitrogen functional groups attached to an aromatic ring is 1. The van der Waals surface area contributed by atoms with Gasteiger partial charge in [-0.1, -0.05) is 57.2 Å². The molecule has 3 rings (SSSR count). The fourth-order valence-corrected chi connectivity index (χ4v) is 2.78. The summed E-state index contributed by atoms with van der Waals surface area (Å²) >= 11 is 0. The van der Waals surface area contributed by atoms with E-state index in [0.29, 0.717) is 0 Å². The van der Waals surface area contributed by atoms with Gasteiger partial charge in [0, 0.05) is 31.0 Å². The second-order valence-corrected chi connectivity index (χ2v) is 7.34. The Bertz CT molecular complexity index is 790. The number of aromatic nitrogens is 2. The van der Waals surface area contributed by atoms with E-state index in [0.717, 1.165) is 24.5 Å². The number of nitrogens with two attached hydrogens (primary N) is 1. The van der Waals surface area contributed by atoms with Gasteiger partial charge in [0.25, 0.3) is 0 Å². The molecular weight excluding hydrogens is 294 g/mol. The quantitative estimate of drug-likeness (QED) is 0.724. The average molecular weight is 319 g/mol. The van der Waals surface area contributed by atoms with Gasteiger partial charge in [-0.25, -0.2) is 4.98 Å². The monoisotopic (exact) mass is 319 g/mol. The normalized spacial score (nSPS) is 11.6. The van der Waals surface area contributed by atoms with E-state index < -0.39 is 0 Å². The Labute approximate surface area is 144 Å². The van der Waals surface area contributed by atoms with Crippen LogP contribution in [0.5, 0.6) is 0 Å². The molecule has 1 aromatic heterocycles. The van der Waals surface area contributed by atoms with Gasteiger partial charge >= 0.3 is 0 Å². The average Bonchev–Trinajstić information content (AvgIpc) is 2.96. The second kappa shape index (κ2) is 6.52. The third kappa shape index (κ3) is 3.85. The molecule has 0 fully saturated rings. The fraction of sp³-hybridized carbons (Fsp3) is 0.286. The van der Waals surface area contributed by atoms with Crippen LogP contribution in [0.2, 0.25) is 0 Å². The molecule has 3 nitrogen and oxygen atoms in total. The Morgan fingerprint density at radius 3 is 2.17 bits per heavy atom. The van der Waals surface area contributed by atoms with Crippen molar-refractivity contribution in [2.45, 2.75) is 39.2 Å². The summed E-state index contributed by atoms with van der Waals surface area (Å²) in [4.78, 5) is 4.53. The van der Waals surface area contributed by atoms with E-state index in [2.05, 4.69) is 66.7 Å². The molecule has 0 aliphatic carbocycles. The van der Waals surface area contributed by atoms with E-state index in [1.165, 1.54) is 16.7 Å². The van der Waals surface area contributed by atoms with E-state index in [9.17, 15) is 0 Å². The zero-order valence-electron chi connectivity index (χ0n) is 14.7. The molecule has 0 bridgehead atoms. The summed E-state index contributed by atoms with van der Waals surface area (Å²) in [7, 11) is 0. The van der Waals surface area contributed by atoms with Crippen molar-refractivity contribution in [1.82, 2.24) is 9.55 Å². The van der Waals surface area contributed by atoms with E-state index >= 15 is 0 Å². The highest BCUT2D eigenvalue weighted by Gasteiger charge is 2.13. The Balaban J connectivity index is 1.74. The molecule has 3 heteroatoms. The number of rotatable bonds is 4. The summed E-state index contributed by atoms with van der Waals surface area (Å²) in [6.45, 7) is 7.53. The van der Waals surface area contributed by atoms with Crippen molar-refractivity contribution >= 4 is 5.69 Å². The first-order valence-corrected chi connectivity index (χ1v) is 8.36. The molecule has 24 heavy (non-hydrogen) atoms. The minimum Gasteiger partial charge on any atom is -0.399 e. The van der Waals surface area contributed by atoms with Gasteiger partial charge in [0.15, 0.2) is 0 Å². The highest BCUT2D eigenvalue weighted by Crippen LogP contribution is 2.23. The molecular formula is C21H25N3. The number of hydrogen-bond acceptors (Lipinski definition) is 2. The van der Waals surface area contributed by atoms with Crippen LogP contribution in [0, 0.1) is 0 Å². The van der Waals surface area contributed by atoms with Crippen LogP contribution >= 0.6 is 0 Å². The van der Waals surface area contributed by atoms with Crippen LogP contribution in [0.4, 0.5) is 5.69 Å². The summed E-state index contributed by atoms with van der Waals surface area (Å²) in [5.74, 6) is 1.08. The molecule has 124 valence electrons. The predicted octanol–water partition coefficient (Wildman–Crippen LogP) is 4.40. The molecule has 0 amide bonds. The first kappa shape index (κ1) is 16.3. The van der Waals surface area contributed by atoms with Crippen molar-refractivity contribution in [3.63, 3.8) is 0 Å². The molecule has 0 aliphatic rings. The molecule has 0 saturated carbocycles. The molecule has 0 radical (unpaired) electrons. The van der Waals surface area contributed by atoms with Crippen molar-refractivity contribution in [2.24, 2.45) is 0 Å². The van der Waals surface area contributed by atoms with E-state index in [1.54, 1.807) is 0 Å².